The van der Waals surface area contributed by atoms with Gasteiger partial charge in [-0.05, 0) is 44.1 Å². The fourth-order valence-corrected chi connectivity index (χ4v) is 3.13. The Balaban J connectivity index is 1.83. The summed E-state index contributed by atoms with van der Waals surface area (Å²) in [5.74, 6) is 1.48. The van der Waals surface area contributed by atoms with E-state index in [1.807, 2.05) is 7.11 Å². The van der Waals surface area contributed by atoms with Crippen LogP contribution < -0.4 is 5.32 Å². The highest BCUT2D eigenvalue weighted by Gasteiger charge is 2.29. The predicted molar refractivity (Wildman–Crippen MR) is 75.8 cm³/mol. The summed E-state index contributed by atoms with van der Waals surface area (Å²) in [7, 11) is 1.83. The van der Waals surface area contributed by atoms with Crippen LogP contribution in [-0.2, 0) is 4.74 Å². The Labute approximate surface area is 112 Å². The molecule has 2 atom stereocenters. The van der Waals surface area contributed by atoms with Crippen LogP contribution in [0.3, 0.4) is 0 Å². The Hall–Kier alpha value is -0.120. The van der Waals surface area contributed by atoms with Crippen molar-refractivity contribution >= 4 is 0 Å². The lowest BCUT2D eigenvalue weighted by atomic mass is 9.94. The van der Waals surface area contributed by atoms with E-state index in [2.05, 4.69) is 24.1 Å². The SMILES string of the molecule is COCC1CCCN(C(CNC2CC2)C(C)C)C1. The molecule has 2 unspecified atom stereocenters. The van der Waals surface area contributed by atoms with Gasteiger partial charge in [0, 0.05) is 32.3 Å². The molecule has 1 aliphatic heterocycles. The van der Waals surface area contributed by atoms with Crippen molar-refractivity contribution in [2.75, 3.05) is 33.4 Å². The van der Waals surface area contributed by atoms with Crippen LogP contribution in [-0.4, -0.2) is 50.3 Å². The van der Waals surface area contributed by atoms with Crippen LogP contribution in [0.15, 0.2) is 0 Å². The van der Waals surface area contributed by atoms with Gasteiger partial charge in [0.15, 0.2) is 0 Å². The number of nitrogens with one attached hydrogen (secondary N) is 1. The molecule has 3 heteroatoms. The van der Waals surface area contributed by atoms with Crippen molar-refractivity contribution in [3.05, 3.63) is 0 Å². The van der Waals surface area contributed by atoms with E-state index in [1.165, 1.54) is 45.3 Å². The molecule has 18 heavy (non-hydrogen) atoms. The second kappa shape index (κ2) is 6.88. The fraction of sp³-hybridized carbons (Fsp3) is 1.00. The molecule has 1 saturated carbocycles. The molecule has 1 heterocycles. The quantitative estimate of drug-likeness (QED) is 0.753. The zero-order valence-electron chi connectivity index (χ0n) is 12.3. The van der Waals surface area contributed by atoms with E-state index in [9.17, 15) is 0 Å². The van der Waals surface area contributed by atoms with Crippen LogP contribution in [0.4, 0.5) is 0 Å². The van der Waals surface area contributed by atoms with Gasteiger partial charge in [0.25, 0.3) is 0 Å². The molecule has 0 spiro atoms. The molecular formula is C15H30N2O. The standard InChI is InChI=1S/C15H30N2O/c1-12(2)15(9-16-14-6-7-14)17-8-4-5-13(10-17)11-18-3/h12-16H,4-11H2,1-3H3. The lowest BCUT2D eigenvalue weighted by Gasteiger charge is -2.40. The number of hydrogen-bond acceptors (Lipinski definition) is 3. The van der Waals surface area contributed by atoms with Crippen LogP contribution in [0.1, 0.15) is 39.5 Å². The van der Waals surface area contributed by atoms with Gasteiger partial charge in [0.2, 0.25) is 0 Å². The zero-order valence-corrected chi connectivity index (χ0v) is 12.3. The lowest BCUT2D eigenvalue weighted by molar-refractivity contribution is 0.0543. The molecule has 2 aliphatic rings. The smallest absolute Gasteiger partial charge is 0.0502 e. The predicted octanol–water partition coefficient (Wildman–Crippen LogP) is 2.12. The van der Waals surface area contributed by atoms with E-state index < -0.39 is 0 Å². The van der Waals surface area contributed by atoms with Crippen molar-refractivity contribution in [2.45, 2.75) is 51.6 Å². The number of piperidine rings is 1. The maximum atomic E-state index is 5.34. The normalized spacial score (nSPS) is 27.7. The van der Waals surface area contributed by atoms with E-state index in [4.69, 9.17) is 4.74 Å². The molecule has 1 N–H and O–H groups in total. The van der Waals surface area contributed by atoms with Crippen molar-refractivity contribution in [3.8, 4) is 0 Å². The molecule has 0 amide bonds. The van der Waals surface area contributed by atoms with E-state index >= 15 is 0 Å². The van der Waals surface area contributed by atoms with E-state index in [0.717, 1.165) is 24.5 Å². The number of ether oxygens (including phenoxy) is 1. The van der Waals surface area contributed by atoms with Crippen LogP contribution in [0.5, 0.6) is 0 Å². The summed E-state index contributed by atoms with van der Waals surface area (Å²) in [6, 6.07) is 1.52. The van der Waals surface area contributed by atoms with E-state index in [0.29, 0.717) is 6.04 Å². The zero-order chi connectivity index (χ0) is 13.0. The number of methoxy groups -OCH3 is 1. The Morgan fingerprint density at radius 1 is 1.28 bits per heavy atom. The molecule has 1 saturated heterocycles. The van der Waals surface area contributed by atoms with Gasteiger partial charge in [-0.25, -0.2) is 0 Å². The molecule has 0 aromatic rings. The second-order valence-electron chi connectivity index (χ2n) is 6.45. The third-order valence-corrected chi connectivity index (χ3v) is 4.38. The first-order valence-electron chi connectivity index (χ1n) is 7.67. The highest BCUT2D eigenvalue weighted by Crippen LogP contribution is 2.23. The van der Waals surface area contributed by atoms with Gasteiger partial charge in [-0.3, -0.25) is 4.90 Å². The number of hydrogen-bond donors (Lipinski definition) is 1. The summed E-state index contributed by atoms with van der Waals surface area (Å²) < 4.78 is 5.34. The summed E-state index contributed by atoms with van der Waals surface area (Å²) in [5.41, 5.74) is 0. The van der Waals surface area contributed by atoms with Crippen molar-refractivity contribution in [2.24, 2.45) is 11.8 Å². The molecule has 2 rings (SSSR count). The lowest BCUT2D eigenvalue weighted by Crippen LogP contribution is -2.50. The van der Waals surface area contributed by atoms with Crippen molar-refractivity contribution in [1.82, 2.24) is 10.2 Å². The van der Waals surface area contributed by atoms with Gasteiger partial charge in [-0.15, -0.1) is 0 Å². The van der Waals surface area contributed by atoms with Crippen molar-refractivity contribution in [3.63, 3.8) is 0 Å². The van der Waals surface area contributed by atoms with Crippen LogP contribution in [0.25, 0.3) is 0 Å². The Bertz CT molecular complexity index is 239. The third kappa shape index (κ3) is 4.22. The van der Waals surface area contributed by atoms with Crippen molar-refractivity contribution in [1.29, 1.82) is 0 Å². The van der Waals surface area contributed by atoms with E-state index in [-0.39, 0.29) is 0 Å². The van der Waals surface area contributed by atoms with Gasteiger partial charge in [-0.1, -0.05) is 13.8 Å². The maximum absolute atomic E-state index is 5.34. The fourth-order valence-electron chi connectivity index (χ4n) is 3.13. The molecular weight excluding hydrogens is 224 g/mol. The first kappa shape index (κ1) is 14.3. The largest absolute Gasteiger partial charge is 0.384 e. The molecule has 0 bridgehead atoms. The van der Waals surface area contributed by atoms with Gasteiger partial charge < -0.3 is 10.1 Å². The minimum atomic E-state index is 0.699. The summed E-state index contributed by atoms with van der Waals surface area (Å²) >= 11 is 0. The first-order chi connectivity index (χ1) is 8.70. The molecule has 0 aromatic heterocycles. The van der Waals surface area contributed by atoms with Crippen LogP contribution in [0.2, 0.25) is 0 Å². The molecule has 3 nitrogen and oxygen atoms in total. The molecule has 106 valence electrons. The summed E-state index contributed by atoms with van der Waals surface area (Å²) in [4.78, 5) is 2.70. The highest BCUT2D eigenvalue weighted by atomic mass is 16.5. The molecule has 1 aliphatic carbocycles. The summed E-state index contributed by atoms with van der Waals surface area (Å²) in [6.45, 7) is 9.32. The van der Waals surface area contributed by atoms with Gasteiger partial charge in [0.1, 0.15) is 0 Å². The maximum Gasteiger partial charge on any atom is 0.0502 e. The minimum absolute atomic E-state index is 0.699. The summed E-state index contributed by atoms with van der Waals surface area (Å²) in [5, 5.41) is 3.71. The topological polar surface area (TPSA) is 24.5 Å². The van der Waals surface area contributed by atoms with E-state index in [1.54, 1.807) is 0 Å². The third-order valence-electron chi connectivity index (χ3n) is 4.38. The molecule has 0 aromatic carbocycles. The average Bonchev–Trinajstić information content (AvgIpc) is 3.14. The second-order valence-corrected chi connectivity index (χ2v) is 6.45. The van der Waals surface area contributed by atoms with Crippen LogP contribution in [0, 0.1) is 11.8 Å². The van der Waals surface area contributed by atoms with Crippen molar-refractivity contribution < 1.29 is 4.74 Å². The Morgan fingerprint density at radius 2 is 2.06 bits per heavy atom. The molecule has 2 fully saturated rings. The number of nitrogens with zero attached hydrogens (tertiary/aromatic N) is 1. The average molecular weight is 254 g/mol. The Morgan fingerprint density at radius 3 is 2.67 bits per heavy atom. The number of rotatable bonds is 7. The minimum Gasteiger partial charge on any atom is -0.384 e. The van der Waals surface area contributed by atoms with Gasteiger partial charge >= 0.3 is 0 Å². The van der Waals surface area contributed by atoms with Gasteiger partial charge in [-0.2, -0.15) is 0 Å². The molecule has 0 radical (unpaired) electrons. The summed E-state index contributed by atoms with van der Waals surface area (Å²) in [6.07, 6.45) is 5.44. The first-order valence-corrected chi connectivity index (χ1v) is 7.67. The highest BCUT2D eigenvalue weighted by molar-refractivity contribution is 4.87. The van der Waals surface area contributed by atoms with Crippen LogP contribution >= 0.6 is 0 Å². The van der Waals surface area contributed by atoms with Gasteiger partial charge in [0.05, 0.1) is 6.61 Å². The number of likely N-dealkylation sites (tertiary alicyclic amines) is 1. The Kier molecular flexibility index (Phi) is 5.46. The monoisotopic (exact) mass is 254 g/mol.